The minimum atomic E-state index is 0.402. The van der Waals surface area contributed by atoms with Gasteiger partial charge in [-0.05, 0) is 12.8 Å². The van der Waals surface area contributed by atoms with E-state index in [9.17, 15) is 0 Å². The Hall–Kier alpha value is -1.13. The van der Waals surface area contributed by atoms with Crippen LogP contribution in [0.5, 0.6) is 0 Å². The lowest BCUT2D eigenvalue weighted by atomic mass is 10.3. The van der Waals surface area contributed by atoms with Crippen LogP contribution >= 0.6 is 0 Å². The Bertz CT molecular complexity index is 315. The molecular weight excluding hydrogens is 190 g/mol. The Morgan fingerprint density at radius 1 is 1.60 bits per heavy atom. The van der Waals surface area contributed by atoms with Crippen molar-refractivity contribution < 1.29 is 4.84 Å². The van der Waals surface area contributed by atoms with Gasteiger partial charge < -0.3 is 0 Å². The molecule has 0 unspecified atom stereocenters. The normalized spacial score (nSPS) is 17.1. The molecule has 1 saturated carbocycles. The zero-order chi connectivity index (χ0) is 10.5. The van der Waals surface area contributed by atoms with Gasteiger partial charge in [0.2, 0.25) is 0 Å². The second kappa shape index (κ2) is 5.09. The second-order valence-corrected chi connectivity index (χ2v) is 3.86. The van der Waals surface area contributed by atoms with Gasteiger partial charge in [-0.2, -0.15) is 10.6 Å². The van der Waals surface area contributed by atoms with E-state index in [0.29, 0.717) is 12.6 Å². The molecule has 15 heavy (non-hydrogen) atoms. The summed E-state index contributed by atoms with van der Waals surface area (Å²) in [5.41, 5.74) is 4.10. The summed E-state index contributed by atoms with van der Waals surface area (Å²) >= 11 is 0. The lowest BCUT2D eigenvalue weighted by Crippen LogP contribution is -2.21. The van der Waals surface area contributed by atoms with Crippen molar-refractivity contribution in [1.82, 2.24) is 15.3 Å². The Morgan fingerprint density at radius 2 is 2.40 bits per heavy atom. The van der Waals surface area contributed by atoms with E-state index in [2.05, 4.69) is 17.2 Å². The topological polar surface area (TPSA) is 39.1 Å². The number of hydroxylamine groups is 1. The van der Waals surface area contributed by atoms with Gasteiger partial charge in [0, 0.05) is 24.5 Å². The standard InChI is InChI=1S/C11H17N3O/c1-2-14-9-10(7-12-14)8-13-15-11-5-3-4-6-11/h2,7,9,11,13H,1,3-6,8H2. The van der Waals surface area contributed by atoms with Crippen molar-refractivity contribution in [2.75, 3.05) is 0 Å². The fourth-order valence-corrected chi connectivity index (χ4v) is 1.82. The number of rotatable bonds is 5. The highest BCUT2D eigenvalue weighted by Gasteiger charge is 2.15. The van der Waals surface area contributed by atoms with Gasteiger partial charge in [0.15, 0.2) is 0 Å². The first-order valence-corrected chi connectivity index (χ1v) is 5.42. The fourth-order valence-electron chi connectivity index (χ4n) is 1.82. The molecule has 0 saturated heterocycles. The van der Waals surface area contributed by atoms with E-state index in [-0.39, 0.29) is 0 Å². The highest BCUT2D eigenvalue weighted by Crippen LogP contribution is 2.19. The summed E-state index contributed by atoms with van der Waals surface area (Å²) in [6.07, 6.45) is 10.8. The van der Waals surface area contributed by atoms with Crippen LogP contribution < -0.4 is 5.48 Å². The van der Waals surface area contributed by atoms with Gasteiger partial charge in [-0.1, -0.05) is 19.4 Å². The molecule has 1 fully saturated rings. The first-order chi connectivity index (χ1) is 7.38. The van der Waals surface area contributed by atoms with Gasteiger partial charge in [0.1, 0.15) is 0 Å². The van der Waals surface area contributed by atoms with Gasteiger partial charge in [-0.15, -0.1) is 0 Å². The van der Waals surface area contributed by atoms with Crippen LogP contribution in [0.25, 0.3) is 6.20 Å². The highest BCUT2D eigenvalue weighted by molar-refractivity contribution is 5.17. The van der Waals surface area contributed by atoms with Crippen molar-refractivity contribution in [1.29, 1.82) is 0 Å². The molecular formula is C11H17N3O. The van der Waals surface area contributed by atoms with Crippen molar-refractivity contribution >= 4 is 6.20 Å². The van der Waals surface area contributed by atoms with Crippen LogP contribution in [0.3, 0.4) is 0 Å². The first-order valence-electron chi connectivity index (χ1n) is 5.42. The summed E-state index contributed by atoms with van der Waals surface area (Å²) in [6.45, 7) is 4.34. The third-order valence-corrected chi connectivity index (χ3v) is 2.67. The zero-order valence-electron chi connectivity index (χ0n) is 8.85. The molecule has 1 aliphatic carbocycles. The highest BCUT2D eigenvalue weighted by atomic mass is 16.7. The molecule has 0 aromatic carbocycles. The summed E-state index contributed by atoms with van der Waals surface area (Å²) in [5, 5.41) is 4.09. The van der Waals surface area contributed by atoms with Crippen LogP contribution in [0, 0.1) is 0 Å². The molecule has 4 heteroatoms. The maximum Gasteiger partial charge on any atom is 0.0790 e. The number of hydrogen-bond donors (Lipinski definition) is 1. The molecule has 0 atom stereocenters. The monoisotopic (exact) mass is 207 g/mol. The van der Waals surface area contributed by atoms with E-state index in [0.717, 1.165) is 5.56 Å². The molecule has 1 aromatic rings. The van der Waals surface area contributed by atoms with Crippen molar-refractivity contribution in [3.05, 3.63) is 24.5 Å². The molecule has 1 N–H and O–H groups in total. The second-order valence-electron chi connectivity index (χ2n) is 3.86. The average Bonchev–Trinajstić information content (AvgIpc) is 2.88. The Kier molecular flexibility index (Phi) is 3.53. The quantitative estimate of drug-likeness (QED) is 0.750. The van der Waals surface area contributed by atoms with Crippen molar-refractivity contribution in [3.8, 4) is 0 Å². The predicted molar refractivity (Wildman–Crippen MR) is 58.8 cm³/mol. The molecule has 1 aliphatic rings. The van der Waals surface area contributed by atoms with Crippen molar-refractivity contribution in [2.45, 2.75) is 38.3 Å². The minimum Gasteiger partial charge on any atom is -0.298 e. The summed E-state index contributed by atoms with van der Waals surface area (Å²) in [6, 6.07) is 0. The number of nitrogens with one attached hydrogen (secondary N) is 1. The van der Waals surface area contributed by atoms with E-state index < -0.39 is 0 Å². The predicted octanol–water partition coefficient (Wildman–Crippen LogP) is 1.95. The first kappa shape index (κ1) is 10.4. The van der Waals surface area contributed by atoms with Crippen molar-refractivity contribution in [3.63, 3.8) is 0 Å². The molecule has 0 amide bonds. The van der Waals surface area contributed by atoms with Crippen LogP contribution in [0.15, 0.2) is 19.0 Å². The van der Waals surface area contributed by atoms with Gasteiger partial charge in [-0.3, -0.25) is 4.84 Å². The maximum atomic E-state index is 5.54. The van der Waals surface area contributed by atoms with Crippen LogP contribution in [-0.4, -0.2) is 15.9 Å². The Labute approximate surface area is 89.9 Å². The Balaban J connectivity index is 1.70. The largest absolute Gasteiger partial charge is 0.298 e. The molecule has 4 nitrogen and oxygen atoms in total. The molecule has 0 spiro atoms. The molecule has 82 valence electrons. The van der Waals surface area contributed by atoms with Gasteiger partial charge in [0.05, 0.1) is 12.3 Å². The lowest BCUT2D eigenvalue weighted by molar-refractivity contribution is -0.0244. The van der Waals surface area contributed by atoms with E-state index >= 15 is 0 Å². The summed E-state index contributed by atoms with van der Waals surface area (Å²) < 4.78 is 1.69. The number of hydrogen-bond acceptors (Lipinski definition) is 3. The zero-order valence-corrected chi connectivity index (χ0v) is 8.85. The van der Waals surface area contributed by atoms with E-state index in [4.69, 9.17) is 4.84 Å². The Morgan fingerprint density at radius 3 is 3.07 bits per heavy atom. The lowest BCUT2D eigenvalue weighted by Gasteiger charge is -2.10. The van der Waals surface area contributed by atoms with E-state index in [1.165, 1.54) is 25.7 Å². The smallest absolute Gasteiger partial charge is 0.0790 e. The molecule has 0 aliphatic heterocycles. The van der Waals surface area contributed by atoms with Crippen molar-refractivity contribution in [2.24, 2.45) is 0 Å². The fraction of sp³-hybridized carbons (Fsp3) is 0.545. The number of aromatic nitrogens is 2. The van der Waals surface area contributed by atoms with E-state index in [1.807, 2.05) is 12.4 Å². The van der Waals surface area contributed by atoms with Crippen LogP contribution in [-0.2, 0) is 11.4 Å². The summed E-state index contributed by atoms with van der Waals surface area (Å²) in [4.78, 5) is 5.54. The molecule has 0 radical (unpaired) electrons. The number of nitrogens with zero attached hydrogens (tertiary/aromatic N) is 2. The van der Waals surface area contributed by atoms with Crippen LogP contribution in [0.2, 0.25) is 0 Å². The third kappa shape index (κ3) is 2.91. The summed E-state index contributed by atoms with van der Waals surface area (Å²) in [7, 11) is 0. The van der Waals surface area contributed by atoms with Gasteiger partial charge in [-0.25, -0.2) is 4.68 Å². The molecule has 2 rings (SSSR count). The third-order valence-electron chi connectivity index (χ3n) is 2.67. The maximum absolute atomic E-state index is 5.54. The van der Waals surface area contributed by atoms with Crippen LogP contribution in [0.4, 0.5) is 0 Å². The molecule has 1 aromatic heterocycles. The van der Waals surface area contributed by atoms with Crippen LogP contribution in [0.1, 0.15) is 31.2 Å². The van der Waals surface area contributed by atoms with Gasteiger partial charge in [0.25, 0.3) is 0 Å². The molecule has 0 bridgehead atoms. The molecule has 1 heterocycles. The average molecular weight is 207 g/mol. The SMILES string of the molecule is C=Cn1cc(CNOC2CCCC2)cn1. The summed E-state index contributed by atoms with van der Waals surface area (Å²) in [5.74, 6) is 0. The van der Waals surface area contributed by atoms with E-state index in [1.54, 1.807) is 10.9 Å². The van der Waals surface area contributed by atoms with Gasteiger partial charge >= 0.3 is 0 Å². The minimum absolute atomic E-state index is 0.402.